The van der Waals surface area contributed by atoms with Gasteiger partial charge in [0, 0.05) is 6.42 Å². The molecular formula is C25H21N3O5S. The first-order chi connectivity index (χ1) is 16.4. The molecular weight excluding hydrogens is 454 g/mol. The van der Waals surface area contributed by atoms with E-state index in [0.717, 1.165) is 23.4 Å². The van der Waals surface area contributed by atoms with Crippen LogP contribution in [-0.4, -0.2) is 29.2 Å². The number of rotatable bonds is 5. The maximum Gasteiger partial charge on any atom is 0.337 e. The van der Waals surface area contributed by atoms with E-state index in [2.05, 4.69) is 10.2 Å². The molecule has 34 heavy (non-hydrogen) atoms. The van der Waals surface area contributed by atoms with Gasteiger partial charge in [-0.2, -0.15) is 0 Å². The van der Waals surface area contributed by atoms with Crippen molar-refractivity contribution in [3.05, 3.63) is 85.7 Å². The molecule has 1 amide bonds. The van der Waals surface area contributed by atoms with Crippen molar-refractivity contribution in [2.75, 3.05) is 12.0 Å². The van der Waals surface area contributed by atoms with Gasteiger partial charge < -0.3 is 9.15 Å². The maximum absolute atomic E-state index is 13.7. The summed E-state index contributed by atoms with van der Waals surface area (Å²) in [7, 11) is 1.31. The minimum atomic E-state index is -0.766. The number of carbonyl (C=O) groups excluding carboxylic acids is 2. The fourth-order valence-electron chi connectivity index (χ4n) is 4.18. The molecule has 1 atom stereocenters. The Hall–Kier alpha value is -3.85. The fourth-order valence-corrected chi connectivity index (χ4v) is 5.14. The lowest BCUT2D eigenvalue weighted by Gasteiger charge is -2.22. The number of benzene rings is 2. The quantitative estimate of drug-likeness (QED) is 0.393. The van der Waals surface area contributed by atoms with E-state index in [9.17, 15) is 14.4 Å². The lowest BCUT2D eigenvalue weighted by atomic mass is 9.97. The highest BCUT2D eigenvalue weighted by Gasteiger charge is 2.45. The van der Waals surface area contributed by atoms with E-state index in [1.165, 1.54) is 23.3 Å². The molecule has 2 aromatic heterocycles. The topological polar surface area (TPSA) is 103 Å². The number of methoxy groups -OCH3 is 1. The third-order valence-corrected chi connectivity index (χ3v) is 6.78. The van der Waals surface area contributed by atoms with Crippen molar-refractivity contribution in [2.24, 2.45) is 0 Å². The van der Waals surface area contributed by atoms with Gasteiger partial charge in [0.1, 0.15) is 10.6 Å². The van der Waals surface area contributed by atoms with E-state index in [0.29, 0.717) is 27.2 Å². The predicted octanol–water partition coefficient (Wildman–Crippen LogP) is 4.44. The number of amides is 1. The number of hydrogen-bond acceptors (Lipinski definition) is 8. The van der Waals surface area contributed by atoms with E-state index in [4.69, 9.17) is 9.15 Å². The van der Waals surface area contributed by atoms with E-state index >= 15 is 0 Å². The van der Waals surface area contributed by atoms with E-state index in [1.54, 1.807) is 36.4 Å². The second-order valence-corrected chi connectivity index (χ2v) is 9.13. The van der Waals surface area contributed by atoms with Crippen LogP contribution in [0.1, 0.15) is 62.0 Å². The van der Waals surface area contributed by atoms with Crippen LogP contribution >= 0.6 is 11.3 Å². The Kier molecular flexibility index (Phi) is 5.49. The Morgan fingerprint density at radius 3 is 2.62 bits per heavy atom. The number of nitrogens with zero attached hydrogens (tertiary/aromatic N) is 3. The molecule has 3 heterocycles. The van der Waals surface area contributed by atoms with Crippen LogP contribution in [0.4, 0.5) is 5.13 Å². The molecule has 1 aliphatic rings. The van der Waals surface area contributed by atoms with Crippen LogP contribution in [-0.2, 0) is 11.2 Å². The van der Waals surface area contributed by atoms with Crippen LogP contribution in [0.25, 0.3) is 11.0 Å². The summed E-state index contributed by atoms with van der Waals surface area (Å²) >= 11 is 1.32. The summed E-state index contributed by atoms with van der Waals surface area (Å²) in [5.74, 6) is -0.924. The molecule has 0 saturated carbocycles. The van der Waals surface area contributed by atoms with Crippen molar-refractivity contribution in [1.29, 1.82) is 0 Å². The number of fused-ring (bicyclic) bond motifs is 2. The number of hydrogen-bond donors (Lipinski definition) is 0. The van der Waals surface area contributed by atoms with Gasteiger partial charge in [0.15, 0.2) is 5.43 Å². The third-order valence-electron chi connectivity index (χ3n) is 5.80. The summed E-state index contributed by atoms with van der Waals surface area (Å²) in [5, 5.41) is 10.1. The van der Waals surface area contributed by atoms with Crippen molar-refractivity contribution in [3.63, 3.8) is 0 Å². The van der Waals surface area contributed by atoms with E-state index < -0.39 is 17.9 Å². The summed E-state index contributed by atoms with van der Waals surface area (Å²) in [6.07, 6.45) is 1.64. The Bertz CT molecular complexity index is 1490. The van der Waals surface area contributed by atoms with Crippen LogP contribution in [0.5, 0.6) is 0 Å². The van der Waals surface area contributed by atoms with Gasteiger partial charge >= 0.3 is 5.97 Å². The molecule has 0 N–H and O–H groups in total. The molecule has 0 spiro atoms. The van der Waals surface area contributed by atoms with Crippen molar-refractivity contribution >= 4 is 39.3 Å². The SMILES string of the molecule is CCCc1nnc(N2C(=O)c3oc4ccc(C)cc4c(=O)c3C2c2ccc(C(=O)OC)cc2)s1. The number of anilines is 1. The molecule has 172 valence electrons. The molecule has 1 aliphatic heterocycles. The Labute approximate surface area is 198 Å². The van der Waals surface area contributed by atoms with Crippen LogP contribution in [0.3, 0.4) is 0 Å². The summed E-state index contributed by atoms with van der Waals surface area (Å²) in [6.45, 7) is 3.93. The monoisotopic (exact) mass is 475 g/mol. The molecule has 4 aromatic rings. The summed E-state index contributed by atoms with van der Waals surface area (Å²) in [6, 6.07) is 11.2. The molecule has 0 radical (unpaired) electrons. The lowest BCUT2D eigenvalue weighted by Crippen LogP contribution is -2.29. The van der Waals surface area contributed by atoms with E-state index in [-0.39, 0.29) is 16.8 Å². The van der Waals surface area contributed by atoms with Crippen molar-refractivity contribution in [1.82, 2.24) is 10.2 Å². The van der Waals surface area contributed by atoms with Gasteiger partial charge in [0.2, 0.25) is 10.9 Å². The molecule has 0 saturated heterocycles. The second kappa shape index (κ2) is 8.49. The predicted molar refractivity (Wildman–Crippen MR) is 128 cm³/mol. The van der Waals surface area contributed by atoms with Gasteiger partial charge in [-0.25, -0.2) is 4.79 Å². The van der Waals surface area contributed by atoms with Crippen molar-refractivity contribution in [2.45, 2.75) is 32.7 Å². The Morgan fingerprint density at radius 1 is 1.15 bits per heavy atom. The van der Waals surface area contributed by atoms with Gasteiger partial charge in [-0.05, 0) is 43.2 Å². The van der Waals surface area contributed by atoms with Gasteiger partial charge in [-0.1, -0.05) is 42.0 Å². The standard InChI is InChI=1S/C25H21N3O5S/c1-4-5-18-26-27-25(34-18)28-20(14-7-9-15(10-8-14)24(31)32-3)19-21(29)16-12-13(2)6-11-17(16)33-22(19)23(28)30/h6-12,20H,4-5H2,1-3H3. The zero-order valence-electron chi connectivity index (χ0n) is 18.8. The molecule has 9 heteroatoms. The average molecular weight is 476 g/mol. The molecule has 8 nitrogen and oxygen atoms in total. The first kappa shape index (κ1) is 22.0. The van der Waals surface area contributed by atoms with Crippen molar-refractivity contribution in [3.8, 4) is 0 Å². The highest BCUT2D eigenvalue weighted by Crippen LogP contribution is 2.42. The lowest BCUT2D eigenvalue weighted by molar-refractivity contribution is 0.0600. The summed E-state index contributed by atoms with van der Waals surface area (Å²) in [4.78, 5) is 40.6. The van der Waals surface area contributed by atoms with E-state index in [1.807, 2.05) is 19.9 Å². The number of carbonyl (C=O) groups is 2. The number of aryl methyl sites for hydroxylation is 2. The van der Waals surface area contributed by atoms with Crippen LogP contribution in [0, 0.1) is 6.92 Å². The molecule has 5 rings (SSSR count). The highest BCUT2D eigenvalue weighted by molar-refractivity contribution is 7.15. The number of aromatic nitrogens is 2. The molecule has 2 aromatic carbocycles. The first-order valence-corrected chi connectivity index (χ1v) is 11.7. The number of esters is 1. The minimum Gasteiger partial charge on any atom is -0.465 e. The molecule has 0 bridgehead atoms. The zero-order valence-corrected chi connectivity index (χ0v) is 19.6. The average Bonchev–Trinajstić information content (AvgIpc) is 3.42. The smallest absolute Gasteiger partial charge is 0.337 e. The van der Waals surface area contributed by atoms with Gasteiger partial charge in [-0.15, -0.1) is 10.2 Å². The van der Waals surface area contributed by atoms with Gasteiger partial charge in [0.05, 0.1) is 29.7 Å². The Balaban J connectivity index is 1.73. The first-order valence-electron chi connectivity index (χ1n) is 10.8. The van der Waals surface area contributed by atoms with Crippen molar-refractivity contribution < 1.29 is 18.7 Å². The normalized spacial score (nSPS) is 15.1. The Morgan fingerprint density at radius 2 is 1.91 bits per heavy atom. The van der Waals surface area contributed by atoms with Crippen LogP contribution in [0.15, 0.2) is 51.7 Å². The van der Waals surface area contributed by atoms with Gasteiger partial charge in [0.25, 0.3) is 5.91 Å². The largest absolute Gasteiger partial charge is 0.465 e. The molecule has 0 aliphatic carbocycles. The minimum absolute atomic E-state index is 0.00404. The van der Waals surface area contributed by atoms with Crippen LogP contribution in [0.2, 0.25) is 0 Å². The highest BCUT2D eigenvalue weighted by atomic mass is 32.1. The van der Waals surface area contributed by atoms with Gasteiger partial charge in [-0.3, -0.25) is 14.5 Å². The number of ether oxygens (including phenoxy) is 1. The third kappa shape index (κ3) is 3.49. The fraction of sp³-hybridized carbons (Fsp3) is 0.240. The molecule has 0 fully saturated rings. The van der Waals surface area contributed by atoms with Crippen LogP contribution < -0.4 is 10.3 Å². The molecule has 1 unspecified atom stereocenters. The maximum atomic E-state index is 13.7. The second-order valence-electron chi connectivity index (χ2n) is 8.09. The summed E-state index contributed by atoms with van der Waals surface area (Å²) < 4.78 is 10.8. The summed E-state index contributed by atoms with van der Waals surface area (Å²) in [5.41, 5.74) is 2.26. The zero-order chi connectivity index (χ0) is 24.0.